The van der Waals surface area contributed by atoms with Crippen molar-refractivity contribution in [3.63, 3.8) is 0 Å². The number of nitrogens with zero attached hydrogens (tertiary/aromatic N) is 1. The number of halogens is 2. The average Bonchev–Trinajstić information content (AvgIpc) is 2.62. The van der Waals surface area contributed by atoms with E-state index in [1.807, 2.05) is 13.8 Å². The SMILES string of the molecule is CCCCNC(=O)CN(c1ccc(Cl)c(Cl)c1)S(=O)(=O)c1ccc(C)cc1. The first-order chi connectivity index (χ1) is 12.8. The molecular weight excluding hydrogens is 407 g/mol. The third kappa shape index (κ3) is 5.61. The molecule has 146 valence electrons. The minimum Gasteiger partial charge on any atom is -0.355 e. The van der Waals surface area contributed by atoms with Crippen LogP contribution in [0.25, 0.3) is 0 Å². The number of unbranched alkanes of at least 4 members (excludes halogenated alkanes) is 1. The van der Waals surface area contributed by atoms with Crippen LogP contribution < -0.4 is 9.62 Å². The summed E-state index contributed by atoms with van der Waals surface area (Å²) in [7, 11) is -3.96. The molecule has 2 aromatic carbocycles. The molecule has 0 heterocycles. The first-order valence-corrected chi connectivity index (χ1v) is 10.8. The van der Waals surface area contributed by atoms with E-state index in [1.54, 1.807) is 12.1 Å². The van der Waals surface area contributed by atoms with E-state index < -0.39 is 10.0 Å². The maximum absolute atomic E-state index is 13.2. The van der Waals surface area contributed by atoms with Gasteiger partial charge in [0.15, 0.2) is 0 Å². The zero-order valence-electron chi connectivity index (χ0n) is 15.2. The molecule has 0 aliphatic heterocycles. The van der Waals surface area contributed by atoms with Crippen molar-refractivity contribution in [3.8, 4) is 0 Å². The Bertz CT molecular complexity index is 900. The number of carbonyl (C=O) groups is 1. The van der Waals surface area contributed by atoms with Gasteiger partial charge < -0.3 is 5.32 Å². The molecule has 0 saturated carbocycles. The van der Waals surface area contributed by atoms with E-state index in [9.17, 15) is 13.2 Å². The van der Waals surface area contributed by atoms with Gasteiger partial charge in [-0.25, -0.2) is 8.42 Å². The Morgan fingerprint density at radius 1 is 1.07 bits per heavy atom. The Morgan fingerprint density at radius 3 is 2.33 bits per heavy atom. The van der Waals surface area contributed by atoms with E-state index in [2.05, 4.69) is 5.32 Å². The lowest BCUT2D eigenvalue weighted by molar-refractivity contribution is -0.119. The van der Waals surface area contributed by atoms with Gasteiger partial charge in [-0.1, -0.05) is 54.2 Å². The molecule has 0 saturated heterocycles. The van der Waals surface area contributed by atoms with E-state index in [4.69, 9.17) is 23.2 Å². The molecule has 0 unspecified atom stereocenters. The van der Waals surface area contributed by atoms with Gasteiger partial charge in [0.2, 0.25) is 5.91 Å². The standard InChI is InChI=1S/C19H22Cl2N2O3S/c1-3-4-11-22-19(24)13-23(15-7-10-17(20)18(21)12-15)27(25,26)16-8-5-14(2)6-9-16/h5-10,12H,3-4,11,13H2,1-2H3,(H,22,24). The highest BCUT2D eigenvalue weighted by Crippen LogP contribution is 2.30. The second-order valence-corrected chi connectivity index (χ2v) is 8.80. The Labute approximate surface area is 170 Å². The van der Waals surface area contributed by atoms with Crippen molar-refractivity contribution in [2.75, 3.05) is 17.4 Å². The van der Waals surface area contributed by atoms with Crippen LogP contribution in [0.15, 0.2) is 47.4 Å². The minimum atomic E-state index is -3.96. The molecule has 0 aromatic heterocycles. The number of aryl methyl sites for hydroxylation is 1. The number of hydrogen-bond acceptors (Lipinski definition) is 3. The summed E-state index contributed by atoms with van der Waals surface area (Å²) in [6, 6.07) is 10.9. The van der Waals surface area contributed by atoms with Crippen molar-refractivity contribution in [1.29, 1.82) is 0 Å². The lowest BCUT2D eigenvalue weighted by Gasteiger charge is -2.24. The van der Waals surface area contributed by atoms with E-state index in [1.165, 1.54) is 30.3 Å². The van der Waals surface area contributed by atoms with Gasteiger partial charge in [0, 0.05) is 6.54 Å². The number of rotatable bonds is 8. The molecule has 0 aliphatic carbocycles. The normalized spacial score (nSPS) is 11.3. The molecule has 0 atom stereocenters. The smallest absolute Gasteiger partial charge is 0.264 e. The van der Waals surface area contributed by atoms with Crippen molar-refractivity contribution >= 4 is 44.8 Å². The van der Waals surface area contributed by atoms with Crippen LogP contribution in [0.2, 0.25) is 10.0 Å². The third-order valence-electron chi connectivity index (χ3n) is 3.94. The Hall–Kier alpha value is -1.76. The van der Waals surface area contributed by atoms with E-state index in [0.717, 1.165) is 22.7 Å². The van der Waals surface area contributed by atoms with Gasteiger partial charge in [0.05, 0.1) is 20.6 Å². The van der Waals surface area contributed by atoms with Crippen molar-refractivity contribution < 1.29 is 13.2 Å². The summed E-state index contributed by atoms with van der Waals surface area (Å²) in [5.74, 6) is -0.384. The molecule has 2 aromatic rings. The number of hydrogen-bond donors (Lipinski definition) is 1. The number of nitrogens with one attached hydrogen (secondary N) is 1. The summed E-state index contributed by atoms with van der Waals surface area (Å²) >= 11 is 12.0. The first-order valence-electron chi connectivity index (χ1n) is 8.57. The summed E-state index contributed by atoms with van der Waals surface area (Å²) in [6.07, 6.45) is 1.75. The number of benzene rings is 2. The molecule has 0 fully saturated rings. The molecule has 0 radical (unpaired) electrons. The predicted molar refractivity (Wildman–Crippen MR) is 110 cm³/mol. The van der Waals surface area contributed by atoms with Crippen LogP contribution in [0.5, 0.6) is 0 Å². The van der Waals surface area contributed by atoms with Crippen LogP contribution in [-0.4, -0.2) is 27.4 Å². The van der Waals surface area contributed by atoms with Crippen LogP contribution >= 0.6 is 23.2 Å². The minimum absolute atomic E-state index is 0.0977. The fraction of sp³-hybridized carbons (Fsp3) is 0.316. The Balaban J connectivity index is 2.40. The van der Waals surface area contributed by atoms with Gasteiger partial charge in [0.1, 0.15) is 6.54 Å². The summed E-state index contributed by atoms with van der Waals surface area (Å²) in [5, 5.41) is 3.26. The maximum Gasteiger partial charge on any atom is 0.264 e. The molecule has 0 spiro atoms. The topological polar surface area (TPSA) is 66.5 Å². The van der Waals surface area contributed by atoms with Crippen LogP contribution in [0.4, 0.5) is 5.69 Å². The van der Waals surface area contributed by atoms with Crippen LogP contribution in [0, 0.1) is 6.92 Å². The highest BCUT2D eigenvalue weighted by molar-refractivity contribution is 7.92. The number of carbonyl (C=O) groups excluding carboxylic acids is 1. The highest BCUT2D eigenvalue weighted by atomic mass is 35.5. The fourth-order valence-electron chi connectivity index (χ4n) is 2.38. The summed E-state index contributed by atoms with van der Waals surface area (Å²) in [6.45, 7) is 4.03. The first kappa shape index (κ1) is 21.5. The summed E-state index contributed by atoms with van der Waals surface area (Å²) in [4.78, 5) is 12.4. The molecule has 1 N–H and O–H groups in total. The van der Waals surface area contributed by atoms with Crippen LogP contribution in [0.3, 0.4) is 0 Å². The second-order valence-electron chi connectivity index (χ2n) is 6.13. The lowest BCUT2D eigenvalue weighted by Crippen LogP contribution is -2.41. The van der Waals surface area contributed by atoms with E-state index in [-0.39, 0.29) is 28.1 Å². The highest BCUT2D eigenvalue weighted by Gasteiger charge is 2.27. The van der Waals surface area contributed by atoms with E-state index >= 15 is 0 Å². The summed E-state index contributed by atoms with van der Waals surface area (Å²) in [5.41, 5.74) is 1.21. The molecule has 5 nitrogen and oxygen atoms in total. The molecule has 1 amide bonds. The van der Waals surface area contributed by atoms with Gasteiger partial charge in [0.25, 0.3) is 10.0 Å². The molecular formula is C19H22Cl2N2O3S. The molecule has 27 heavy (non-hydrogen) atoms. The van der Waals surface area contributed by atoms with Gasteiger partial charge in [-0.3, -0.25) is 9.10 Å². The zero-order chi connectivity index (χ0) is 20.0. The van der Waals surface area contributed by atoms with Crippen molar-refractivity contribution in [2.24, 2.45) is 0 Å². The van der Waals surface area contributed by atoms with Crippen LogP contribution in [-0.2, 0) is 14.8 Å². The number of anilines is 1. The Kier molecular flexibility index (Phi) is 7.53. The van der Waals surface area contributed by atoms with Gasteiger partial charge in [-0.15, -0.1) is 0 Å². The maximum atomic E-state index is 13.2. The number of amides is 1. The summed E-state index contributed by atoms with van der Waals surface area (Å²) < 4.78 is 27.4. The van der Waals surface area contributed by atoms with Gasteiger partial charge >= 0.3 is 0 Å². The number of sulfonamides is 1. The van der Waals surface area contributed by atoms with Gasteiger partial charge in [-0.2, -0.15) is 0 Å². The van der Waals surface area contributed by atoms with Crippen LogP contribution in [0.1, 0.15) is 25.3 Å². The quantitative estimate of drug-likeness (QED) is 0.632. The largest absolute Gasteiger partial charge is 0.355 e. The monoisotopic (exact) mass is 428 g/mol. The van der Waals surface area contributed by atoms with Crippen molar-refractivity contribution in [2.45, 2.75) is 31.6 Å². The fourth-order valence-corrected chi connectivity index (χ4v) is 4.09. The van der Waals surface area contributed by atoms with Crippen molar-refractivity contribution in [3.05, 3.63) is 58.1 Å². The zero-order valence-corrected chi connectivity index (χ0v) is 17.5. The molecule has 8 heteroatoms. The molecule has 0 aliphatic rings. The second kappa shape index (κ2) is 9.44. The van der Waals surface area contributed by atoms with E-state index in [0.29, 0.717) is 11.6 Å². The predicted octanol–water partition coefficient (Wildman–Crippen LogP) is 4.41. The average molecular weight is 429 g/mol. The molecule has 2 rings (SSSR count). The van der Waals surface area contributed by atoms with Crippen molar-refractivity contribution in [1.82, 2.24) is 5.32 Å². The molecule has 0 bridgehead atoms. The Morgan fingerprint density at radius 2 is 1.74 bits per heavy atom. The third-order valence-corrected chi connectivity index (χ3v) is 6.47. The van der Waals surface area contributed by atoms with Gasteiger partial charge in [-0.05, 0) is 43.7 Å². The lowest BCUT2D eigenvalue weighted by atomic mass is 10.2.